The SMILES string of the molecule is CCc1ccc(NC(=O)CN2C(=O)CC(c3ccc(C)cc3)=Nc3ccccc32)cc1. The van der Waals surface area contributed by atoms with Crippen molar-refractivity contribution in [3.63, 3.8) is 0 Å². The summed E-state index contributed by atoms with van der Waals surface area (Å²) < 4.78 is 0. The Kier molecular flexibility index (Phi) is 5.94. The molecule has 5 heteroatoms. The van der Waals surface area contributed by atoms with E-state index in [4.69, 9.17) is 4.99 Å². The number of para-hydroxylation sites is 2. The average Bonchev–Trinajstić information content (AvgIpc) is 2.91. The number of anilines is 2. The Hall–Kier alpha value is -3.73. The molecule has 0 fully saturated rings. The fourth-order valence-electron chi connectivity index (χ4n) is 3.60. The van der Waals surface area contributed by atoms with Gasteiger partial charge in [0.1, 0.15) is 6.54 Å². The fraction of sp³-hybridized carbons (Fsp3) is 0.192. The Balaban J connectivity index is 1.57. The molecule has 0 aromatic heterocycles. The normalized spacial score (nSPS) is 13.3. The molecule has 1 aliphatic heterocycles. The summed E-state index contributed by atoms with van der Waals surface area (Å²) in [7, 11) is 0. The van der Waals surface area contributed by atoms with Crippen molar-refractivity contribution in [2.24, 2.45) is 4.99 Å². The Labute approximate surface area is 182 Å². The topological polar surface area (TPSA) is 61.8 Å². The number of fused-ring (bicyclic) bond motifs is 1. The van der Waals surface area contributed by atoms with Crippen LogP contribution in [0.5, 0.6) is 0 Å². The first-order chi connectivity index (χ1) is 15.0. The second-order valence-corrected chi connectivity index (χ2v) is 7.67. The quantitative estimate of drug-likeness (QED) is 0.638. The average molecular weight is 412 g/mol. The highest BCUT2D eigenvalue weighted by molar-refractivity contribution is 6.19. The van der Waals surface area contributed by atoms with Crippen molar-refractivity contribution in [3.8, 4) is 0 Å². The molecule has 3 aromatic rings. The molecule has 0 atom stereocenters. The van der Waals surface area contributed by atoms with Gasteiger partial charge < -0.3 is 10.2 Å². The molecular weight excluding hydrogens is 386 g/mol. The molecule has 0 unspecified atom stereocenters. The van der Waals surface area contributed by atoms with E-state index in [0.717, 1.165) is 17.5 Å². The summed E-state index contributed by atoms with van der Waals surface area (Å²) in [5.74, 6) is -0.396. The number of aryl methyl sites for hydroxylation is 2. The van der Waals surface area contributed by atoms with E-state index in [1.807, 2.05) is 79.7 Å². The number of amides is 2. The van der Waals surface area contributed by atoms with Gasteiger partial charge in [-0.15, -0.1) is 0 Å². The Morgan fingerprint density at radius 2 is 1.71 bits per heavy atom. The van der Waals surface area contributed by atoms with Crippen molar-refractivity contribution in [3.05, 3.63) is 89.5 Å². The number of nitrogens with one attached hydrogen (secondary N) is 1. The van der Waals surface area contributed by atoms with Crippen molar-refractivity contribution < 1.29 is 9.59 Å². The molecule has 0 radical (unpaired) electrons. The van der Waals surface area contributed by atoms with Crippen LogP contribution in [0.25, 0.3) is 0 Å². The minimum atomic E-state index is -0.244. The lowest BCUT2D eigenvalue weighted by atomic mass is 10.1. The summed E-state index contributed by atoms with van der Waals surface area (Å²) in [6.45, 7) is 4.04. The standard InChI is InChI=1S/C26H25N3O2/c1-3-19-10-14-21(15-11-19)27-25(30)17-29-24-7-5-4-6-22(24)28-23(16-26(29)31)20-12-8-18(2)9-13-20/h4-15H,3,16-17H2,1-2H3,(H,27,30). The molecule has 2 amide bonds. The van der Waals surface area contributed by atoms with E-state index in [9.17, 15) is 9.59 Å². The molecule has 1 aliphatic rings. The van der Waals surface area contributed by atoms with E-state index in [1.54, 1.807) is 0 Å². The van der Waals surface area contributed by atoms with Crippen LogP contribution in [-0.4, -0.2) is 24.1 Å². The first-order valence-corrected chi connectivity index (χ1v) is 10.5. The highest BCUT2D eigenvalue weighted by atomic mass is 16.2. The van der Waals surface area contributed by atoms with Crippen molar-refractivity contribution in [1.82, 2.24) is 0 Å². The number of aliphatic imine (C=N–C) groups is 1. The van der Waals surface area contributed by atoms with Crippen LogP contribution in [0, 0.1) is 6.92 Å². The van der Waals surface area contributed by atoms with Crippen LogP contribution in [0.1, 0.15) is 30.0 Å². The predicted molar refractivity (Wildman–Crippen MR) is 125 cm³/mol. The lowest BCUT2D eigenvalue weighted by molar-refractivity contribution is -0.120. The predicted octanol–water partition coefficient (Wildman–Crippen LogP) is 5.05. The lowest BCUT2D eigenvalue weighted by Gasteiger charge is -2.22. The van der Waals surface area contributed by atoms with E-state index >= 15 is 0 Å². The monoisotopic (exact) mass is 411 g/mol. The number of rotatable bonds is 5. The van der Waals surface area contributed by atoms with Gasteiger partial charge >= 0.3 is 0 Å². The minimum Gasteiger partial charge on any atom is -0.325 e. The van der Waals surface area contributed by atoms with Crippen LogP contribution in [0.4, 0.5) is 17.1 Å². The lowest BCUT2D eigenvalue weighted by Crippen LogP contribution is -2.38. The molecule has 1 heterocycles. The number of hydrogen-bond donors (Lipinski definition) is 1. The van der Waals surface area contributed by atoms with Crippen LogP contribution in [0.2, 0.25) is 0 Å². The van der Waals surface area contributed by atoms with Gasteiger partial charge in [0.05, 0.1) is 23.5 Å². The van der Waals surface area contributed by atoms with Crippen LogP contribution in [0.3, 0.4) is 0 Å². The van der Waals surface area contributed by atoms with Gasteiger partial charge in [-0.05, 0) is 48.7 Å². The molecule has 31 heavy (non-hydrogen) atoms. The van der Waals surface area contributed by atoms with Gasteiger partial charge in [0.25, 0.3) is 0 Å². The molecule has 0 aliphatic carbocycles. The third-order valence-electron chi connectivity index (χ3n) is 5.38. The second-order valence-electron chi connectivity index (χ2n) is 7.67. The fourth-order valence-corrected chi connectivity index (χ4v) is 3.60. The molecule has 156 valence electrons. The molecule has 3 aromatic carbocycles. The summed E-state index contributed by atoms with van der Waals surface area (Å²) >= 11 is 0. The first-order valence-electron chi connectivity index (χ1n) is 10.5. The smallest absolute Gasteiger partial charge is 0.244 e. The van der Waals surface area contributed by atoms with Crippen LogP contribution in [0.15, 0.2) is 77.8 Å². The Morgan fingerprint density at radius 1 is 1.00 bits per heavy atom. The molecular formula is C26H25N3O2. The van der Waals surface area contributed by atoms with E-state index in [0.29, 0.717) is 22.8 Å². The zero-order chi connectivity index (χ0) is 21.8. The number of carbonyl (C=O) groups is 2. The largest absolute Gasteiger partial charge is 0.325 e. The van der Waals surface area contributed by atoms with Gasteiger partial charge in [0.15, 0.2) is 0 Å². The van der Waals surface area contributed by atoms with E-state index < -0.39 is 0 Å². The van der Waals surface area contributed by atoms with Gasteiger partial charge in [0.2, 0.25) is 11.8 Å². The van der Waals surface area contributed by atoms with Crippen molar-refractivity contribution in [1.29, 1.82) is 0 Å². The van der Waals surface area contributed by atoms with E-state index in [-0.39, 0.29) is 24.8 Å². The number of nitrogens with zero attached hydrogens (tertiary/aromatic N) is 2. The minimum absolute atomic E-state index is 0.0674. The van der Waals surface area contributed by atoms with Gasteiger partial charge in [-0.3, -0.25) is 14.6 Å². The molecule has 4 rings (SSSR count). The highest BCUT2D eigenvalue weighted by Gasteiger charge is 2.26. The Morgan fingerprint density at radius 3 is 2.42 bits per heavy atom. The van der Waals surface area contributed by atoms with Gasteiger partial charge in [-0.1, -0.05) is 61.0 Å². The molecule has 0 saturated heterocycles. The molecule has 5 nitrogen and oxygen atoms in total. The molecule has 1 N–H and O–H groups in total. The maximum atomic E-state index is 13.2. The summed E-state index contributed by atoms with van der Waals surface area (Å²) in [5, 5.41) is 2.89. The zero-order valence-electron chi connectivity index (χ0n) is 17.8. The van der Waals surface area contributed by atoms with E-state index in [1.165, 1.54) is 10.5 Å². The van der Waals surface area contributed by atoms with E-state index in [2.05, 4.69) is 12.2 Å². The summed E-state index contributed by atoms with van der Waals surface area (Å²) in [4.78, 5) is 32.2. The van der Waals surface area contributed by atoms with Crippen LogP contribution < -0.4 is 10.2 Å². The maximum Gasteiger partial charge on any atom is 0.244 e. The maximum absolute atomic E-state index is 13.2. The van der Waals surface area contributed by atoms with Crippen molar-refractivity contribution >= 4 is 34.6 Å². The first kappa shape index (κ1) is 20.5. The third kappa shape index (κ3) is 4.72. The van der Waals surface area contributed by atoms with Crippen molar-refractivity contribution in [2.75, 3.05) is 16.8 Å². The third-order valence-corrected chi connectivity index (χ3v) is 5.38. The van der Waals surface area contributed by atoms with Gasteiger partial charge in [0, 0.05) is 5.69 Å². The summed E-state index contributed by atoms with van der Waals surface area (Å²) in [5.41, 5.74) is 6.02. The zero-order valence-corrected chi connectivity index (χ0v) is 17.8. The number of hydrogen-bond acceptors (Lipinski definition) is 3. The van der Waals surface area contributed by atoms with Crippen LogP contribution >= 0.6 is 0 Å². The summed E-state index contributed by atoms with van der Waals surface area (Å²) in [6, 6.07) is 23.2. The number of benzene rings is 3. The highest BCUT2D eigenvalue weighted by Crippen LogP contribution is 2.32. The van der Waals surface area contributed by atoms with Gasteiger partial charge in [-0.2, -0.15) is 0 Å². The number of carbonyl (C=O) groups excluding carboxylic acids is 2. The van der Waals surface area contributed by atoms with Gasteiger partial charge in [-0.25, -0.2) is 0 Å². The molecule has 0 bridgehead atoms. The molecule has 0 saturated carbocycles. The van der Waals surface area contributed by atoms with Crippen LogP contribution in [-0.2, 0) is 16.0 Å². The molecule has 0 spiro atoms. The van der Waals surface area contributed by atoms with Crippen molar-refractivity contribution in [2.45, 2.75) is 26.7 Å². The Bertz CT molecular complexity index is 1130. The summed E-state index contributed by atoms with van der Waals surface area (Å²) in [6.07, 6.45) is 1.08. The second kappa shape index (κ2) is 8.96.